The van der Waals surface area contributed by atoms with Crippen molar-refractivity contribution in [2.24, 2.45) is 5.92 Å². The highest BCUT2D eigenvalue weighted by atomic mass is 16.5. The second kappa shape index (κ2) is 24.2. The van der Waals surface area contributed by atoms with Crippen LogP contribution in [0.15, 0.2) is 42.5 Å². The monoisotopic (exact) mass is 554 g/mol. The Morgan fingerprint density at radius 1 is 1.00 bits per heavy atom. The van der Waals surface area contributed by atoms with Crippen LogP contribution in [0.1, 0.15) is 132 Å². The first-order chi connectivity index (χ1) is 19.1. The van der Waals surface area contributed by atoms with E-state index in [1.807, 2.05) is 63.6 Å². The standard InChI is InChI=1S/C27H38N2O2.C4H10.C3H8.C2H6/c1-8-10-24(30)17-26-22(7)29(21(6)12-11-19(3)4)28-27(26)23-13-15-25(16-14-23)31-18-20(5)9-2;1-3-4-2;1-3-2;1-2/h12-16,20H,3,8-11,17-18H2,1-2,4-7H3;3-4H2,1-2H3;3H2,1-2H3;1-2H3. The largest absolute Gasteiger partial charge is 0.493 e. The second-order valence-corrected chi connectivity index (χ2v) is 10.4. The van der Waals surface area contributed by atoms with Crippen LogP contribution in [0, 0.1) is 12.8 Å². The smallest absolute Gasteiger partial charge is 0.137 e. The van der Waals surface area contributed by atoms with Crippen LogP contribution in [-0.2, 0) is 11.2 Å². The molecular weight excluding hydrogens is 492 g/mol. The minimum absolute atomic E-state index is 0.253. The van der Waals surface area contributed by atoms with Crippen LogP contribution >= 0.6 is 0 Å². The third-order valence-corrected chi connectivity index (χ3v) is 6.08. The summed E-state index contributed by atoms with van der Waals surface area (Å²) in [6.45, 7) is 29.8. The van der Waals surface area contributed by atoms with E-state index >= 15 is 0 Å². The van der Waals surface area contributed by atoms with Crippen molar-refractivity contribution < 1.29 is 9.53 Å². The number of hydrogen-bond donors (Lipinski definition) is 0. The zero-order valence-corrected chi connectivity index (χ0v) is 28.2. The molecule has 0 bridgehead atoms. The molecule has 0 aliphatic carbocycles. The Morgan fingerprint density at radius 2 is 1.55 bits per heavy atom. The van der Waals surface area contributed by atoms with Crippen LogP contribution in [0.3, 0.4) is 0 Å². The molecule has 1 unspecified atom stereocenters. The van der Waals surface area contributed by atoms with E-state index in [0.717, 1.165) is 58.8 Å². The molecule has 0 radical (unpaired) electrons. The summed E-state index contributed by atoms with van der Waals surface area (Å²) >= 11 is 0. The summed E-state index contributed by atoms with van der Waals surface area (Å²) < 4.78 is 7.86. The maximum atomic E-state index is 12.5. The van der Waals surface area contributed by atoms with E-state index < -0.39 is 0 Å². The number of aromatic nitrogens is 2. The minimum Gasteiger partial charge on any atom is -0.493 e. The average molecular weight is 555 g/mol. The Bertz CT molecular complexity index is 965. The summed E-state index contributed by atoms with van der Waals surface area (Å²) in [6.07, 6.45) is 9.80. The van der Waals surface area contributed by atoms with Gasteiger partial charge in [0, 0.05) is 35.4 Å². The Labute approximate surface area is 248 Å². The lowest BCUT2D eigenvalue weighted by atomic mass is 10.00. The number of ether oxygens (including phenoxy) is 1. The molecule has 1 aromatic heterocycles. The molecule has 4 nitrogen and oxygen atoms in total. The first kappa shape index (κ1) is 39.5. The van der Waals surface area contributed by atoms with Gasteiger partial charge in [0.15, 0.2) is 0 Å². The van der Waals surface area contributed by atoms with Gasteiger partial charge in [-0.2, -0.15) is 5.10 Å². The van der Waals surface area contributed by atoms with E-state index in [4.69, 9.17) is 9.84 Å². The highest BCUT2D eigenvalue weighted by Crippen LogP contribution is 2.30. The predicted molar refractivity (Wildman–Crippen MR) is 178 cm³/mol. The zero-order chi connectivity index (χ0) is 31.1. The van der Waals surface area contributed by atoms with Crippen LogP contribution in [0.2, 0.25) is 0 Å². The van der Waals surface area contributed by atoms with Gasteiger partial charge in [-0.15, -0.1) is 0 Å². The van der Waals surface area contributed by atoms with Gasteiger partial charge in [-0.25, -0.2) is 4.68 Å². The fourth-order valence-corrected chi connectivity index (χ4v) is 3.36. The molecule has 40 heavy (non-hydrogen) atoms. The summed E-state index contributed by atoms with van der Waals surface area (Å²) in [7, 11) is 0. The van der Waals surface area contributed by atoms with Gasteiger partial charge >= 0.3 is 0 Å². The van der Waals surface area contributed by atoms with Gasteiger partial charge in [-0.1, -0.05) is 106 Å². The predicted octanol–water partition coefficient (Wildman–Crippen LogP) is 11.3. The van der Waals surface area contributed by atoms with Crippen molar-refractivity contribution >= 4 is 11.5 Å². The van der Waals surface area contributed by atoms with Crippen LogP contribution in [0.25, 0.3) is 17.0 Å². The molecule has 2 rings (SSSR count). The highest BCUT2D eigenvalue weighted by molar-refractivity contribution is 5.83. The van der Waals surface area contributed by atoms with Gasteiger partial charge in [-0.3, -0.25) is 4.79 Å². The molecule has 0 N–H and O–H groups in total. The van der Waals surface area contributed by atoms with E-state index in [1.54, 1.807) is 0 Å². The summed E-state index contributed by atoms with van der Waals surface area (Å²) in [6, 6.07) is 8.07. The Morgan fingerprint density at radius 3 is 2.00 bits per heavy atom. The van der Waals surface area contributed by atoms with E-state index in [-0.39, 0.29) is 5.78 Å². The van der Waals surface area contributed by atoms with Crippen molar-refractivity contribution in [3.8, 4) is 17.0 Å². The van der Waals surface area contributed by atoms with Crippen LogP contribution in [-0.4, -0.2) is 22.2 Å². The molecule has 4 heteroatoms. The van der Waals surface area contributed by atoms with Crippen LogP contribution < -0.4 is 4.74 Å². The van der Waals surface area contributed by atoms with Crippen molar-refractivity contribution in [3.63, 3.8) is 0 Å². The SMILES string of the molecule is C=C(C)CC=C(C)n1nc(-c2ccc(OCC(C)CC)cc2)c(CC(=O)CCC)c1C.CC.CCC.CCCC. The first-order valence-electron chi connectivity index (χ1n) is 15.7. The lowest BCUT2D eigenvalue weighted by Gasteiger charge is -2.11. The van der Waals surface area contributed by atoms with Crippen molar-refractivity contribution in [1.82, 2.24) is 9.78 Å². The lowest BCUT2D eigenvalue weighted by Crippen LogP contribution is -2.07. The fourth-order valence-electron chi connectivity index (χ4n) is 3.36. The van der Waals surface area contributed by atoms with Gasteiger partial charge in [0.05, 0.1) is 12.3 Å². The average Bonchev–Trinajstić information content (AvgIpc) is 3.27. The molecule has 0 saturated carbocycles. The quantitative estimate of drug-likeness (QED) is 0.231. The number of hydrogen-bond acceptors (Lipinski definition) is 3. The topological polar surface area (TPSA) is 44.1 Å². The van der Waals surface area contributed by atoms with Gasteiger partial charge in [-0.05, 0) is 63.8 Å². The number of carbonyl (C=O) groups excluding carboxylic acids is 1. The third-order valence-electron chi connectivity index (χ3n) is 6.08. The molecule has 0 aliphatic heterocycles. The molecule has 0 aliphatic rings. The van der Waals surface area contributed by atoms with E-state index in [0.29, 0.717) is 25.4 Å². The number of unbranched alkanes of at least 4 members (excludes halogenated alkanes) is 1. The second-order valence-electron chi connectivity index (χ2n) is 10.4. The van der Waals surface area contributed by atoms with Gasteiger partial charge in [0.25, 0.3) is 0 Å². The number of ketones is 1. The first-order valence-corrected chi connectivity index (χ1v) is 15.7. The Hall–Kier alpha value is -2.62. The summed E-state index contributed by atoms with van der Waals surface area (Å²) in [5.41, 5.74) is 6.06. The van der Waals surface area contributed by atoms with Crippen molar-refractivity contribution in [2.45, 2.75) is 134 Å². The molecule has 0 spiro atoms. The number of rotatable bonds is 13. The molecule has 0 amide bonds. The lowest BCUT2D eigenvalue weighted by molar-refractivity contribution is -0.118. The zero-order valence-electron chi connectivity index (χ0n) is 28.2. The van der Waals surface area contributed by atoms with Gasteiger partial charge < -0.3 is 4.74 Å². The number of nitrogens with zero attached hydrogens (tertiary/aromatic N) is 2. The highest BCUT2D eigenvalue weighted by Gasteiger charge is 2.19. The van der Waals surface area contributed by atoms with Gasteiger partial charge in [0.1, 0.15) is 11.5 Å². The molecule has 0 saturated heterocycles. The van der Waals surface area contributed by atoms with E-state index in [1.165, 1.54) is 19.3 Å². The van der Waals surface area contributed by atoms with Crippen molar-refractivity contribution in [1.29, 1.82) is 0 Å². The van der Waals surface area contributed by atoms with E-state index in [2.05, 4.69) is 61.1 Å². The Kier molecular flexibility index (Phi) is 23.9. The maximum absolute atomic E-state index is 12.5. The molecule has 1 heterocycles. The Balaban J connectivity index is 0. The summed E-state index contributed by atoms with van der Waals surface area (Å²) in [5.74, 6) is 1.65. The molecular formula is C36H62N2O2. The van der Waals surface area contributed by atoms with Crippen molar-refractivity contribution in [3.05, 3.63) is 53.8 Å². The minimum atomic E-state index is 0.253. The molecule has 2 aromatic rings. The molecule has 0 fully saturated rings. The van der Waals surface area contributed by atoms with Crippen LogP contribution in [0.5, 0.6) is 5.75 Å². The normalized spacial score (nSPS) is 11.2. The van der Waals surface area contributed by atoms with E-state index in [9.17, 15) is 4.79 Å². The summed E-state index contributed by atoms with van der Waals surface area (Å²) in [4.78, 5) is 12.5. The number of allylic oxidation sites excluding steroid dienone is 3. The summed E-state index contributed by atoms with van der Waals surface area (Å²) in [5, 5.41) is 4.91. The molecule has 1 atom stereocenters. The number of carbonyl (C=O) groups is 1. The van der Waals surface area contributed by atoms with Gasteiger partial charge in [0.2, 0.25) is 0 Å². The molecule has 1 aromatic carbocycles. The fraction of sp³-hybridized carbons (Fsp3) is 0.611. The van der Waals surface area contributed by atoms with Crippen LogP contribution in [0.4, 0.5) is 0 Å². The third kappa shape index (κ3) is 15.8. The van der Waals surface area contributed by atoms with Crippen molar-refractivity contribution in [2.75, 3.05) is 6.61 Å². The maximum Gasteiger partial charge on any atom is 0.137 e. The number of Topliss-reactive ketones (excluding diaryl/α,β-unsaturated/α-hetero) is 1. The molecule has 228 valence electrons. The number of benzene rings is 1.